The zero-order chi connectivity index (χ0) is 36.3. The van der Waals surface area contributed by atoms with E-state index in [9.17, 15) is 24.0 Å². The fourth-order valence-electron chi connectivity index (χ4n) is 5.63. The Hall–Kier alpha value is -4.61. The van der Waals surface area contributed by atoms with Crippen molar-refractivity contribution in [3.63, 3.8) is 0 Å². The lowest BCUT2D eigenvalue weighted by Crippen LogP contribution is -2.59. The van der Waals surface area contributed by atoms with E-state index in [0.29, 0.717) is 38.2 Å². The van der Waals surface area contributed by atoms with Crippen LogP contribution < -0.4 is 26.4 Å². The standard InChI is InChI=1S/C37H53N5O7/c1-23(2)20-29(35(46)42-19-11-14-30(42)32(38)43)39-34(45)31(24(3)4)41-33(44)28(40-36(47)49-37(5,6)7)21-25-15-17-27(18-16-25)48-22-26-12-9-8-10-13-26/h8-10,12-13,15-18,23-24,28-31H,11,14,19-22H2,1-7H3,(H2,38,43)(H,39,45)(H,40,47)(H,41,44)/t28-,29+,30-,31-/m1/s1. The number of benzene rings is 2. The van der Waals surface area contributed by atoms with Crippen molar-refractivity contribution in [3.05, 3.63) is 65.7 Å². The molecule has 0 radical (unpaired) electrons. The number of nitrogens with one attached hydrogen (secondary N) is 3. The van der Waals surface area contributed by atoms with Gasteiger partial charge in [0, 0.05) is 13.0 Å². The summed E-state index contributed by atoms with van der Waals surface area (Å²) >= 11 is 0. The van der Waals surface area contributed by atoms with Crippen LogP contribution >= 0.6 is 0 Å². The normalized spacial score (nSPS) is 16.4. The number of carbonyl (C=O) groups is 5. The van der Waals surface area contributed by atoms with Gasteiger partial charge in [0.2, 0.25) is 23.6 Å². The molecule has 0 aliphatic carbocycles. The first-order valence-electron chi connectivity index (χ1n) is 17.0. The smallest absolute Gasteiger partial charge is 0.408 e. The highest BCUT2D eigenvalue weighted by atomic mass is 16.6. The van der Waals surface area contributed by atoms with Gasteiger partial charge in [-0.25, -0.2) is 4.79 Å². The zero-order valence-electron chi connectivity index (χ0n) is 29.8. The maximum Gasteiger partial charge on any atom is 0.408 e. The highest BCUT2D eigenvalue weighted by Crippen LogP contribution is 2.21. The number of ether oxygens (including phenoxy) is 2. The molecule has 0 saturated carbocycles. The monoisotopic (exact) mass is 679 g/mol. The van der Waals surface area contributed by atoms with Crippen molar-refractivity contribution in [2.75, 3.05) is 6.54 Å². The summed E-state index contributed by atoms with van der Waals surface area (Å²) in [4.78, 5) is 67.4. The van der Waals surface area contributed by atoms with Gasteiger partial charge in [-0.3, -0.25) is 19.2 Å². The summed E-state index contributed by atoms with van der Waals surface area (Å²) in [7, 11) is 0. The molecule has 2 aromatic rings. The van der Waals surface area contributed by atoms with Crippen LogP contribution in [0.2, 0.25) is 0 Å². The predicted octanol–water partition coefficient (Wildman–Crippen LogP) is 3.85. The molecule has 4 atom stereocenters. The van der Waals surface area contributed by atoms with Crippen LogP contribution in [0.4, 0.5) is 4.79 Å². The van der Waals surface area contributed by atoms with E-state index in [1.807, 2.05) is 56.3 Å². The molecule has 1 aliphatic rings. The minimum atomic E-state index is -1.09. The van der Waals surface area contributed by atoms with E-state index in [0.717, 1.165) is 11.1 Å². The predicted molar refractivity (Wildman–Crippen MR) is 186 cm³/mol. The van der Waals surface area contributed by atoms with Gasteiger partial charge in [-0.1, -0.05) is 70.2 Å². The highest BCUT2D eigenvalue weighted by molar-refractivity contribution is 5.95. The van der Waals surface area contributed by atoms with Crippen LogP contribution in [0, 0.1) is 11.8 Å². The lowest BCUT2D eigenvalue weighted by Gasteiger charge is -2.31. The summed E-state index contributed by atoms with van der Waals surface area (Å²) in [6, 6.07) is 13.2. The minimum absolute atomic E-state index is 0.0495. The molecule has 12 heteroatoms. The number of nitrogens with two attached hydrogens (primary N) is 1. The largest absolute Gasteiger partial charge is 0.489 e. The Morgan fingerprint density at radius 3 is 2.08 bits per heavy atom. The topological polar surface area (TPSA) is 169 Å². The second-order valence-electron chi connectivity index (χ2n) is 14.3. The fourth-order valence-corrected chi connectivity index (χ4v) is 5.63. The van der Waals surface area contributed by atoms with Crippen molar-refractivity contribution in [2.45, 2.75) is 111 Å². The average molecular weight is 680 g/mol. The van der Waals surface area contributed by atoms with Gasteiger partial charge in [-0.2, -0.15) is 0 Å². The summed E-state index contributed by atoms with van der Waals surface area (Å²) in [5, 5.41) is 8.31. The van der Waals surface area contributed by atoms with Crippen LogP contribution in [0.15, 0.2) is 54.6 Å². The Labute approximate surface area is 289 Å². The molecule has 268 valence electrons. The Balaban J connectivity index is 1.76. The van der Waals surface area contributed by atoms with Crippen molar-refractivity contribution >= 4 is 29.7 Å². The summed E-state index contributed by atoms with van der Waals surface area (Å²) in [6.07, 6.45) is 0.775. The molecule has 2 aromatic carbocycles. The van der Waals surface area contributed by atoms with Gasteiger partial charge in [0.25, 0.3) is 0 Å². The minimum Gasteiger partial charge on any atom is -0.489 e. The molecule has 1 saturated heterocycles. The number of primary amides is 1. The third-order valence-corrected chi connectivity index (χ3v) is 8.05. The van der Waals surface area contributed by atoms with Crippen molar-refractivity contribution in [1.29, 1.82) is 0 Å². The summed E-state index contributed by atoms with van der Waals surface area (Å²) in [5.41, 5.74) is 6.52. The molecule has 3 rings (SSSR count). The number of hydrogen-bond donors (Lipinski definition) is 4. The molecular weight excluding hydrogens is 626 g/mol. The van der Waals surface area contributed by atoms with Crippen LogP contribution in [0.3, 0.4) is 0 Å². The Morgan fingerprint density at radius 2 is 1.51 bits per heavy atom. The van der Waals surface area contributed by atoms with Gasteiger partial charge in [-0.05, 0) is 75.1 Å². The fraction of sp³-hybridized carbons (Fsp3) is 0.541. The number of likely N-dealkylation sites (tertiary alicyclic amines) is 1. The number of amides is 5. The molecule has 49 heavy (non-hydrogen) atoms. The van der Waals surface area contributed by atoms with E-state index in [2.05, 4.69) is 16.0 Å². The average Bonchev–Trinajstić information content (AvgIpc) is 3.52. The van der Waals surface area contributed by atoms with Gasteiger partial charge in [0.15, 0.2) is 0 Å². The summed E-state index contributed by atoms with van der Waals surface area (Å²) < 4.78 is 11.3. The Kier molecular flexibility index (Phi) is 14.0. The lowest BCUT2D eigenvalue weighted by molar-refractivity contribution is -0.141. The van der Waals surface area contributed by atoms with Crippen LogP contribution in [-0.2, 0) is 36.9 Å². The van der Waals surface area contributed by atoms with E-state index in [1.54, 1.807) is 46.8 Å². The molecule has 0 bridgehead atoms. The third-order valence-electron chi connectivity index (χ3n) is 8.05. The third kappa shape index (κ3) is 12.4. The molecule has 1 aliphatic heterocycles. The molecule has 0 unspecified atom stereocenters. The summed E-state index contributed by atoms with van der Waals surface area (Å²) in [6.45, 7) is 13.3. The van der Waals surface area contributed by atoms with Crippen LogP contribution in [0.5, 0.6) is 5.75 Å². The Morgan fingerprint density at radius 1 is 0.857 bits per heavy atom. The molecule has 5 amide bonds. The number of carbonyl (C=O) groups excluding carboxylic acids is 5. The molecule has 1 heterocycles. The second-order valence-corrected chi connectivity index (χ2v) is 14.3. The van der Waals surface area contributed by atoms with E-state index < -0.39 is 53.6 Å². The molecule has 1 fully saturated rings. The van der Waals surface area contributed by atoms with Crippen molar-refractivity contribution in [3.8, 4) is 5.75 Å². The van der Waals surface area contributed by atoms with Crippen molar-refractivity contribution in [2.24, 2.45) is 17.6 Å². The highest BCUT2D eigenvalue weighted by Gasteiger charge is 2.38. The molecule has 12 nitrogen and oxygen atoms in total. The molecule has 0 aromatic heterocycles. The summed E-state index contributed by atoms with van der Waals surface area (Å²) in [5.74, 6) is -1.77. The van der Waals surface area contributed by atoms with Crippen molar-refractivity contribution in [1.82, 2.24) is 20.9 Å². The SMILES string of the molecule is CC(C)C[C@H](NC(=O)[C@H](NC(=O)[C@@H](Cc1ccc(OCc2ccccc2)cc1)NC(=O)OC(C)(C)C)C(C)C)C(=O)N1CCC[C@@H]1C(N)=O. The van der Waals surface area contributed by atoms with Crippen molar-refractivity contribution < 1.29 is 33.4 Å². The first-order chi connectivity index (χ1) is 23.0. The molecule has 5 N–H and O–H groups in total. The molecular formula is C37H53N5O7. The number of rotatable bonds is 15. The first-order valence-corrected chi connectivity index (χ1v) is 17.0. The number of alkyl carbamates (subject to hydrolysis) is 1. The lowest BCUT2D eigenvalue weighted by atomic mass is 9.98. The maximum atomic E-state index is 13.8. The van der Waals surface area contributed by atoms with Gasteiger partial charge >= 0.3 is 6.09 Å². The quantitative estimate of drug-likeness (QED) is 0.222. The number of hydrogen-bond acceptors (Lipinski definition) is 7. The van der Waals surface area contributed by atoms with E-state index in [-0.39, 0.29) is 24.2 Å². The van der Waals surface area contributed by atoms with Gasteiger partial charge in [0.1, 0.15) is 42.1 Å². The maximum absolute atomic E-state index is 13.8. The van der Waals surface area contributed by atoms with Crippen LogP contribution in [-0.4, -0.2) is 70.9 Å². The number of nitrogens with zero attached hydrogens (tertiary/aromatic N) is 1. The first kappa shape index (κ1) is 38.8. The van der Waals surface area contributed by atoms with Crippen LogP contribution in [0.1, 0.15) is 78.9 Å². The Bertz CT molecular complexity index is 1420. The van der Waals surface area contributed by atoms with Gasteiger partial charge in [-0.15, -0.1) is 0 Å². The van der Waals surface area contributed by atoms with E-state index in [1.165, 1.54) is 4.90 Å². The van der Waals surface area contributed by atoms with E-state index >= 15 is 0 Å². The van der Waals surface area contributed by atoms with Crippen LogP contribution in [0.25, 0.3) is 0 Å². The molecule has 0 spiro atoms. The van der Waals surface area contributed by atoms with Gasteiger partial charge < -0.3 is 36.1 Å². The van der Waals surface area contributed by atoms with Gasteiger partial charge in [0.05, 0.1) is 0 Å². The second kappa shape index (κ2) is 17.7. The van der Waals surface area contributed by atoms with E-state index in [4.69, 9.17) is 15.2 Å². The zero-order valence-corrected chi connectivity index (χ0v) is 29.8.